The van der Waals surface area contributed by atoms with Crippen molar-refractivity contribution in [3.05, 3.63) is 47.8 Å². The van der Waals surface area contributed by atoms with Crippen LogP contribution in [-0.2, 0) is 29.3 Å². The van der Waals surface area contributed by atoms with Crippen molar-refractivity contribution in [1.29, 1.82) is 0 Å². The molecule has 3 heterocycles. The molecule has 0 saturated carbocycles. The fourth-order valence-corrected chi connectivity index (χ4v) is 3.12. The average molecular weight is 343 g/mol. The van der Waals surface area contributed by atoms with Crippen LogP contribution < -0.4 is 0 Å². The Kier molecular flexibility index (Phi) is 5.45. The SMILES string of the molecule is C[C@@H]1c2ncc(COCc3ccccn3)n2CCN1C(=O)CN(C)C. The molecule has 0 fully saturated rings. The van der Waals surface area contributed by atoms with E-state index in [-0.39, 0.29) is 11.9 Å². The molecule has 0 bridgehead atoms. The summed E-state index contributed by atoms with van der Waals surface area (Å²) in [4.78, 5) is 25.0. The lowest BCUT2D eigenvalue weighted by molar-refractivity contribution is -0.135. The van der Waals surface area contributed by atoms with Crippen LogP contribution >= 0.6 is 0 Å². The Bertz CT molecular complexity index is 714. The van der Waals surface area contributed by atoms with Gasteiger partial charge in [-0.2, -0.15) is 0 Å². The number of imidazole rings is 1. The van der Waals surface area contributed by atoms with Gasteiger partial charge < -0.3 is 19.1 Å². The van der Waals surface area contributed by atoms with Crippen LogP contribution in [0.15, 0.2) is 30.6 Å². The number of amides is 1. The molecule has 0 aromatic carbocycles. The number of hydrogen-bond donors (Lipinski definition) is 0. The van der Waals surface area contributed by atoms with Gasteiger partial charge in [0.2, 0.25) is 5.91 Å². The van der Waals surface area contributed by atoms with E-state index in [0.29, 0.717) is 26.3 Å². The molecule has 2 aromatic rings. The lowest BCUT2D eigenvalue weighted by Crippen LogP contribution is -2.45. The highest BCUT2D eigenvalue weighted by atomic mass is 16.5. The Morgan fingerprint density at radius 3 is 2.84 bits per heavy atom. The van der Waals surface area contributed by atoms with Gasteiger partial charge in [0.05, 0.1) is 43.4 Å². The standard InChI is InChI=1S/C18H25N5O2/c1-14-18-20-10-16(13-25-12-15-6-4-5-7-19-15)23(18)9-8-22(14)17(24)11-21(2)3/h4-7,10,14H,8-9,11-13H2,1-3H3/t14-/m1/s1. The van der Waals surface area contributed by atoms with Crippen molar-refractivity contribution in [2.75, 3.05) is 27.2 Å². The van der Waals surface area contributed by atoms with Gasteiger partial charge in [-0.15, -0.1) is 0 Å². The summed E-state index contributed by atoms with van der Waals surface area (Å²) < 4.78 is 7.95. The molecule has 7 nitrogen and oxygen atoms in total. The van der Waals surface area contributed by atoms with Crippen molar-refractivity contribution < 1.29 is 9.53 Å². The van der Waals surface area contributed by atoms with Crippen LogP contribution in [0.3, 0.4) is 0 Å². The highest BCUT2D eigenvalue weighted by molar-refractivity contribution is 5.78. The van der Waals surface area contributed by atoms with Crippen LogP contribution in [0.1, 0.15) is 30.2 Å². The van der Waals surface area contributed by atoms with E-state index in [1.807, 2.05) is 55.2 Å². The topological polar surface area (TPSA) is 63.5 Å². The summed E-state index contributed by atoms with van der Waals surface area (Å²) in [5.41, 5.74) is 1.95. The first kappa shape index (κ1) is 17.6. The van der Waals surface area contributed by atoms with E-state index in [1.54, 1.807) is 6.20 Å². The highest BCUT2D eigenvalue weighted by Crippen LogP contribution is 2.25. The monoisotopic (exact) mass is 343 g/mol. The number of carbonyl (C=O) groups excluding carboxylic acids is 1. The first-order valence-electron chi connectivity index (χ1n) is 8.52. The first-order chi connectivity index (χ1) is 12.1. The number of hydrogen-bond acceptors (Lipinski definition) is 5. The Balaban J connectivity index is 1.62. The van der Waals surface area contributed by atoms with E-state index in [1.165, 1.54) is 0 Å². The maximum atomic E-state index is 12.4. The maximum absolute atomic E-state index is 12.4. The van der Waals surface area contributed by atoms with Crippen molar-refractivity contribution in [1.82, 2.24) is 24.3 Å². The minimum Gasteiger partial charge on any atom is -0.369 e. The molecule has 0 spiro atoms. The predicted molar refractivity (Wildman–Crippen MR) is 93.6 cm³/mol. The van der Waals surface area contributed by atoms with Gasteiger partial charge in [0.1, 0.15) is 5.82 Å². The van der Waals surface area contributed by atoms with Gasteiger partial charge in [-0.3, -0.25) is 9.78 Å². The Morgan fingerprint density at radius 2 is 2.12 bits per heavy atom. The third kappa shape index (κ3) is 4.05. The van der Waals surface area contributed by atoms with Crippen LogP contribution in [0.2, 0.25) is 0 Å². The summed E-state index contributed by atoms with van der Waals surface area (Å²) in [5.74, 6) is 1.06. The lowest BCUT2D eigenvalue weighted by atomic mass is 10.2. The van der Waals surface area contributed by atoms with E-state index >= 15 is 0 Å². The average Bonchev–Trinajstić information content (AvgIpc) is 2.99. The molecule has 0 aliphatic carbocycles. The summed E-state index contributed by atoms with van der Waals surface area (Å²) in [6.45, 7) is 4.87. The second-order valence-corrected chi connectivity index (χ2v) is 6.57. The zero-order chi connectivity index (χ0) is 17.8. The van der Waals surface area contributed by atoms with Crippen molar-refractivity contribution in [3.8, 4) is 0 Å². The highest BCUT2D eigenvalue weighted by Gasteiger charge is 2.30. The minimum atomic E-state index is -0.0225. The summed E-state index contributed by atoms with van der Waals surface area (Å²) in [6, 6.07) is 5.77. The van der Waals surface area contributed by atoms with E-state index in [0.717, 1.165) is 23.8 Å². The Labute approximate surface area is 148 Å². The van der Waals surface area contributed by atoms with Crippen LogP contribution in [0.5, 0.6) is 0 Å². The number of ether oxygens (including phenoxy) is 1. The van der Waals surface area contributed by atoms with Crippen LogP contribution in [0, 0.1) is 0 Å². The molecule has 1 aliphatic heterocycles. The molecule has 0 saturated heterocycles. The smallest absolute Gasteiger partial charge is 0.237 e. The van der Waals surface area contributed by atoms with Crippen molar-refractivity contribution in [3.63, 3.8) is 0 Å². The molecular weight excluding hydrogens is 318 g/mol. The van der Waals surface area contributed by atoms with Crippen molar-refractivity contribution >= 4 is 5.91 Å². The molecule has 25 heavy (non-hydrogen) atoms. The number of likely N-dealkylation sites (N-methyl/N-ethyl adjacent to an activating group) is 1. The number of pyridine rings is 1. The van der Waals surface area contributed by atoms with E-state index in [9.17, 15) is 4.79 Å². The molecule has 1 atom stereocenters. The van der Waals surface area contributed by atoms with Crippen LogP contribution in [0.25, 0.3) is 0 Å². The summed E-state index contributed by atoms with van der Waals surface area (Å²) in [6.07, 6.45) is 3.62. The number of rotatable bonds is 6. The zero-order valence-corrected chi connectivity index (χ0v) is 15.1. The van der Waals surface area contributed by atoms with E-state index in [2.05, 4.69) is 14.5 Å². The summed E-state index contributed by atoms with van der Waals surface area (Å²) in [5, 5.41) is 0. The number of aromatic nitrogens is 3. The molecule has 2 aromatic heterocycles. The van der Waals surface area contributed by atoms with Gasteiger partial charge in [0, 0.05) is 19.3 Å². The number of nitrogens with zero attached hydrogens (tertiary/aromatic N) is 5. The molecule has 0 radical (unpaired) electrons. The predicted octanol–water partition coefficient (Wildman–Crippen LogP) is 1.46. The van der Waals surface area contributed by atoms with Gasteiger partial charge in [0.25, 0.3) is 0 Å². The van der Waals surface area contributed by atoms with Gasteiger partial charge in [0.15, 0.2) is 0 Å². The second-order valence-electron chi connectivity index (χ2n) is 6.57. The summed E-state index contributed by atoms with van der Waals surface area (Å²) in [7, 11) is 3.81. The minimum absolute atomic E-state index is 0.0225. The van der Waals surface area contributed by atoms with Gasteiger partial charge in [-0.05, 0) is 33.2 Å². The van der Waals surface area contributed by atoms with Gasteiger partial charge >= 0.3 is 0 Å². The fraction of sp³-hybridized carbons (Fsp3) is 0.500. The molecule has 0 unspecified atom stereocenters. The molecule has 1 aliphatic rings. The van der Waals surface area contributed by atoms with Crippen LogP contribution in [0.4, 0.5) is 0 Å². The Morgan fingerprint density at radius 1 is 1.28 bits per heavy atom. The molecule has 0 N–H and O–H groups in total. The van der Waals surface area contributed by atoms with Crippen LogP contribution in [-0.4, -0.2) is 57.4 Å². The van der Waals surface area contributed by atoms with E-state index < -0.39 is 0 Å². The molecular formula is C18H25N5O2. The largest absolute Gasteiger partial charge is 0.369 e. The fourth-order valence-electron chi connectivity index (χ4n) is 3.12. The number of carbonyl (C=O) groups is 1. The second kappa shape index (κ2) is 7.76. The molecule has 7 heteroatoms. The van der Waals surface area contributed by atoms with Gasteiger partial charge in [-0.1, -0.05) is 6.07 Å². The third-order valence-corrected chi connectivity index (χ3v) is 4.37. The molecule has 134 valence electrons. The maximum Gasteiger partial charge on any atom is 0.237 e. The lowest BCUT2D eigenvalue weighted by Gasteiger charge is -2.35. The zero-order valence-electron chi connectivity index (χ0n) is 15.1. The normalized spacial score (nSPS) is 17.0. The molecule has 1 amide bonds. The molecule has 3 rings (SSSR count). The van der Waals surface area contributed by atoms with E-state index in [4.69, 9.17) is 4.74 Å². The first-order valence-corrected chi connectivity index (χ1v) is 8.52. The third-order valence-electron chi connectivity index (χ3n) is 4.37. The Hall–Kier alpha value is -2.25. The number of fused-ring (bicyclic) bond motifs is 1. The van der Waals surface area contributed by atoms with Crippen molar-refractivity contribution in [2.45, 2.75) is 32.7 Å². The quantitative estimate of drug-likeness (QED) is 0.795. The van der Waals surface area contributed by atoms with Gasteiger partial charge in [-0.25, -0.2) is 4.98 Å². The summed E-state index contributed by atoms with van der Waals surface area (Å²) >= 11 is 0. The van der Waals surface area contributed by atoms with Crippen molar-refractivity contribution in [2.24, 2.45) is 0 Å².